The quantitative estimate of drug-likeness (QED) is 0.342. The zero-order valence-electron chi connectivity index (χ0n) is 18.7. The Bertz CT molecular complexity index is 1270. The Morgan fingerprint density at radius 3 is 2.40 bits per heavy atom. The van der Waals surface area contributed by atoms with Crippen LogP contribution in [0.25, 0.3) is 0 Å². The Morgan fingerprint density at radius 1 is 1.00 bits per heavy atom. The molecule has 0 aliphatic heterocycles. The fourth-order valence-corrected chi connectivity index (χ4v) is 4.25. The molecule has 0 spiro atoms. The molecule has 0 atom stereocenters. The van der Waals surface area contributed by atoms with Gasteiger partial charge in [-0.2, -0.15) is 9.97 Å². The SMILES string of the molecule is COc1cc(NS(=O)(=O)c2ccc(NC(=O)CCCOc3ccc(Cl)cc3Cl)cc2)nc(OC)n1. The zero-order chi connectivity index (χ0) is 25.4. The number of carbonyl (C=O) groups is 1. The second-order valence-electron chi connectivity index (χ2n) is 6.99. The highest BCUT2D eigenvalue weighted by atomic mass is 35.5. The summed E-state index contributed by atoms with van der Waals surface area (Å²) in [4.78, 5) is 20.0. The maximum atomic E-state index is 12.7. The molecule has 0 fully saturated rings. The molecule has 2 aromatic carbocycles. The van der Waals surface area contributed by atoms with Crippen molar-refractivity contribution in [2.75, 3.05) is 30.9 Å². The maximum Gasteiger partial charge on any atom is 0.321 e. The van der Waals surface area contributed by atoms with E-state index in [0.29, 0.717) is 27.9 Å². The van der Waals surface area contributed by atoms with Crippen LogP contribution in [0.4, 0.5) is 11.5 Å². The second kappa shape index (κ2) is 11.9. The molecule has 0 saturated carbocycles. The monoisotopic (exact) mass is 540 g/mol. The highest BCUT2D eigenvalue weighted by Gasteiger charge is 2.17. The van der Waals surface area contributed by atoms with Gasteiger partial charge >= 0.3 is 6.01 Å². The number of sulfonamides is 1. The molecule has 2 N–H and O–H groups in total. The van der Waals surface area contributed by atoms with Gasteiger partial charge in [-0.1, -0.05) is 23.2 Å². The predicted octanol–water partition coefficient (Wildman–Crippen LogP) is 4.40. The van der Waals surface area contributed by atoms with Crippen LogP contribution in [0.2, 0.25) is 10.0 Å². The summed E-state index contributed by atoms with van der Waals surface area (Å²) in [5.74, 6) is 0.355. The Balaban J connectivity index is 1.53. The zero-order valence-corrected chi connectivity index (χ0v) is 21.1. The average molecular weight is 541 g/mol. The minimum Gasteiger partial charge on any atom is -0.492 e. The van der Waals surface area contributed by atoms with E-state index in [4.69, 9.17) is 37.4 Å². The van der Waals surface area contributed by atoms with Crippen molar-refractivity contribution in [3.63, 3.8) is 0 Å². The molecule has 0 bridgehead atoms. The fourth-order valence-electron chi connectivity index (χ4n) is 2.80. The van der Waals surface area contributed by atoms with Crippen molar-refractivity contribution in [1.82, 2.24) is 9.97 Å². The topological polar surface area (TPSA) is 129 Å². The molecular formula is C22H22Cl2N4O6S. The smallest absolute Gasteiger partial charge is 0.321 e. The van der Waals surface area contributed by atoms with Crippen LogP contribution in [0.5, 0.6) is 17.6 Å². The third-order valence-corrected chi connectivity index (χ3v) is 6.36. The van der Waals surface area contributed by atoms with Gasteiger partial charge < -0.3 is 19.5 Å². The molecule has 13 heteroatoms. The van der Waals surface area contributed by atoms with Crippen molar-refractivity contribution in [2.45, 2.75) is 17.7 Å². The number of anilines is 2. The van der Waals surface area contributed by atoms with Crippen LogP contribution in [0.1, 0.15) is 12.8 Å². The molecule has 0 unspecified atom stereocenters. The number of rotatable bonds is 11. The molecular weight excluding hydrogens is 519 g/mol. The van der Waals surface area contributed by atoms with Crippen LogP contribution >= 0.6 is 23.2 Å². The molecule has 3 rings (SSSR count). The Hall–Kier alpha value is -3.28. The standard InChI is InChI=1S/C22H22Cl2N4O6S/c1-32-21-13-19(26-22(27-21)33-2)28-35(30,31)16-8-6-15(7-9-16)25-20(29)4-3-11-34-18-10-5-14(23)12-17(18)24/h5-10,12-13H,3-4,11H2,1-2H3,(H,25,29)(H,26,27,28). The van der Waals surface area contributed by atoms with E-state index < -0.39 is 10.0 Å². The van der Waals surface area contributed by atoms with Gasteiger partial charge in [0.05, 0.1) is 30.7 Å². The van der Waals surface area contributed by atoms with Gasteiger partial charge in [0.25, 0.3) is 10.0 Å². The van der Waals surface area contributed by atoms with Gasteiger partial charge in [-0.15, -0.1) is 0 Å². The van der Waals surface area contributed by atoms with Crippen LogP contribution in [-0.4, -0.2) is 45.1 Å². The lowest BCUT2D eigenvalue weighted by Gasteiger charge is -2.11. The average Bonchev–Trinajstić information content (AvgIpc) is 2.82. The number of benzene rings is 2. The number of carbonyl (C=O) groups excluding carboxylic acids is 1. The second-order valence-corrected chi connectivity index (χ2v) is 9.51. The van der Waals surface area contributed by atoms with Crippen molar-refractivity contribution < 1.29 is 27.4 Å². The van der Waals surface area contributed by atoms with E-state index in [1.54, 1.807) is 18.2 Å². The van der Waals surface area contributed by atoms with E-state index in [2.05, 4.69) is 20.0 Å². The third-order valence-electron chi connectivity index (χ3n) is 4.46. The third kappa shape index (κ3) is 7.61. The number of ether oxygens (including phenoxy) is 3. The molecule has 1 heterocycles. The first-order chi connectivity index (χ1) is 16.7. The van der Waals surface area contributed by atoms with Gasteiger partial charge in [-0.25, -0.2) is 8.42 Å². The number of hydrogen-bond donors (Lipinski definition) is 2. The minimum atomic E-state index is -3.96. The summed E-state index contributed by atoms with van der Waals surface area (Å²) in [6.07, 6.45) is 0.650. The van der Waals surface area contributed by atoms with Crippen molar-refractivity contribution in [3.05, 3.63) is 58.6 Å². The lowest BCUT2D eigenvalue weighted by atomic mass is 10.2. The van der Waals surface area contributed by atoms with Crippen molar-refractivity contribution >= 4 is 50.6 Å². The molecule has 10 nitrogen and oxygen atoms in total. The van der Waals surface area contributed by atoms with Crippen molar-refractivity contribution in [2.24, 2.45) is 0 Å². The number of halogens is 2. The number of methoxy groups -OCH3 is 2. The van der Waals surface area contributed by atoms with Gasteiger partial charge in [0.1, 0.15) is 5.75 Å². The normalized spacial score (nSPS) is 11.0. The first-order valence-electron chi connectivity index (χ1n) is 10.2. The molecule has 35 heavy (non-hydrogen) atoms. The number of amides is 1. The molecule has 1 aromatic heterocycles. The summed E-state index contributed by atoms with van der Waals surface area (Å²) < 4.78 is 43.2. The van der Waals surface area contributed by atoms with Crippen molar-refractivity contribution in [3.8, 4) is 17.6 Å². The van der Waals surface area contributed by atoms with Crippen LogP contribution in [0.3, 0.4) is 0 Å². The molecule has 0 aliphatic carbocycles. The van der Waals surface area contributed by atoms with E-state index in [1.807, 2.05) is 0 Å². The molecule has 3 aromatic rings. The van der Waals surface area contributed by atoms with Crippen LogP contribution < -0.4 is 24.2 Å². The predicted molar refractivity (Wildman–Crippen MR) is 132 cm³/mol. The largest absolute Gasteiger partial charge is 0.492 e. The molecule has 0 saturated heterocycles. The number of aromatic nitrogens is 2. The molecule has 1 amide bonds. The van der Waals surface area contributed by atoms with Gasteiger partial charge in [0, 0.05) is 23.2 Å². The first kappa shape index (κ1) is 26.3. The lowest BCUT2D eigenvalue weighted by Crippen LogP contribution is -2.15. The Kier molecular flexibility index (Phi) is 8.96. The first-order valence-corrected chi connectivity index (χ1v) is 12.4. The summed E-state index contributed by atoms with van der Waals surface area (Å²) in [6.45, 7) is 0.288. The van der Waals surface area contributed by atoms with E-state index in [9.17, 15) is 13.2 Å². The van der Waals surface area contributed by atoms with E-state index >= 15 is 0 Å². The summed E-state index contributed by atoms with van der Waals surface area (Å²) >= 11 is 11.9. The number of nitrogens with one attached hydrogen (secondary N) is 2. The molecule has 0 radical (unpaired) electrons. The van der Waals surface area contributed by atoms with Gasteiger partial charge in [-0.3, -0.25) is 9.52 Å². The lowest BCUT2D eigenvalue weighted by molar-refractivity contribution is -0.116. The number of hydrogen-bond acceptors (Lipinski definition) is 8. The van der Waals surface area contributed by atoms with Gasteiger partial charge in [0.2, 0.25) is 11.8 Å². The van der Waals surface area contributed by atoms with Gasteiger partial charge in [-0.05, 0) is 48.9 Å². The minimum absolute atomic E-state index is 0.0202. The van der Waals surface area contributed by atoms with Crippen LogP contribution in [0, 0.1) is 0 Å². The maximum absolute atomic E-state index is 12.7. The van der Waals surface area contributed by atoms with Crippen LogP contribution in [0.15, 0.2) is 53.4 Å². The number of nitrogens with zero attached hydrogens (tertiary/aromatic N) is 2. The van der Waals surface area contributed by atoms with Crippen LogP contribution in [-0.2, 0) is 14.8 Å². The van der Waals surface area contributed by atoms with E-state index in [1.165, 1.54) is 44.6 Å². The summed E-state index contributed by atoms with van der Waals surface area (Å²) in [6, 6.07) is 11.9. The summed E-state index contributed by atoms with van der Waals surface area (Å²) in [5.41, 5.74) is 0.445. The molecule has 186 valence electrons. The Morgan fingerprint density at radius 2 is 1.74 bits per heavy atom. The summed E-state index contributed by atoms with van der Waals surface area (Å²) in [5, 5.41) is 3.61. The van der Waals surface area contributed by atoms with Crippen molar-refractivity contribution in [1.29, 1.82) is 0 Å². The van der Waals surface area contributed by atoms with E-state index in [-0.39, 0.29) is 41.5 Å². The molecule has 0 aliphatic rings. The van der Waals surface area contributed by atoms with Gasteiger partial charge in [0.15, 0.2) is 5.82 Å². The summed E-state index contributed by atoms with van der Waals surface area (Å²) in [7, 11) is -1.22. The highest BCUT2D eigenvalue weighted by molar-refractivity contribution is 7.92. The Labute approximate surface area is 212 Å². The fraction of sp³-hybridized carbons (Fsp3) is 0.227. The highest BCUT2D eigenvalue weighted by Crippen LogP contribution is 2.27. The van der Waals surface area contributed by atoms with E-state index in [0.717, 1.165) is 0 Å².